The smallest absolute Gasteiger partial charge is 0.279 e. The van der Waals surface area contributed by atoms with Crippen LogP contribution >= 0.6 is 0 Å². The van der Waals surface area contributed by atoms with E-state index in [-0.39, 0.29) is 17.9 Å². The van der Waals surface area contributed by atoms with Crippen LogP contribution in [0.5, 0.6) is 0 Å². The van der Waals surface area contributed by atoms with Gasteiger partial charge in [0.05, 0.1) is 21.1 Å². The fourth-order valence-corrected chi connectivity index (χ4v) is 5.54. The van der Waals surface area contributed by atoms with E-state index in [1.54, 1.807) is 0 Å². The van der Waals surface area contributed by atoms with E-state index < -0.39 is 6.04 Å². The standard InChI is InChI=1S/C37H59N3O2/c1-5-6-7-8-9-10-11-12-13-14-15-16-17-24-29-38-36(41)34(30-32-25-20-18-21-26-32)39-37(42)35(40(2,3)4)31-33-27-22-19-23-28-33/h18-23,25-28,34-35H,5-17,24,29-31H2,1-4H3,(H-,38,39,41,42)/p+1. The lowest BCUT2D eigenvalue weighted by atomic mass is 10.0. The summed E-state index contributed by atoms with van der Waals surface area (Å²) in [6, 6.07) is 19.2. The Bertz CT molecular complexity index is 972. The summed E-state index contributed by atoms with van der Waals surface area (Å²) in [7, 11) is 6.11. The van der Waals surface area contributed by atoms with Crippen molar-refractivity contribution >= 4 is 11.8 Å². The number of carbonyl (C=O) groups excluding carboxylic acids is 2. The van der Waals surface area contributed by atoms with Crippen molar-refractivity contribution in [3.8, 4) is 0 Å². The molecule has 0 aliphatic heterocycles. The van der Waals surface area contributed by atoms with Gasteiger partial charge in [-0.2, -0.15) is 0 Å². The lowest BCUT2D eigenvalue weighted by Crippen LogP contribution is -2.59. The molecule has 5 heteroatoms. The average molecular weight is 579 g/mol. The topological polar surface area (TPSA) is 58.2 Å². The summed E-state index contributed by atoms with van der Waals surface area (Å²) in [5.74, 6) is -0.180. The number of hydrogen-bond acceptors (Lipinski definition) is 2. The molecular weight excluding hydrogens is 518 g/mol. The number of likely N-dealkylation sites (N-methyl/N-ethyl adjacent to an activating group) is 1. The number of quaternary nitrogens is 1. The van der Waals surface area contributed by atoms with Gasteiger partial charge in [0.15, 0.2) is 6.04 Å². The van der Waals surface area contributed by atoms with E-state index in [1.807, 2.05) is 69.7 Å². The van der Waals surface area contributed by atoms with Gasteiger partial charge in [0.1, 0.15) is 6.04 Å². The SMILES string of the molecule is CCCCCCCCCCCCCCCCNC(=O)C(Cc1ccccc1)NC(=O)C(Cc1ccccc1)[N+](C)(C)C. The van der Waals surface area contributed by atoms with E-state index in [4.69, 9.17) is 0 Å². The first kappa shape index (κ1) is 35.5. The summed E-state index contributed by atoms with van der Waals surface area (Å²) >= 11 is 0. The molecule has 2 aromatic rings. The van der Waals surface area contributed by atoms with Crippen molar-refractivity contribution < 1.29 is 14.1 Å². The molecular formula is C37H60N3O2+. The summed E-state index contributed by atoms with van der Waals surface area (Å²) in [5.41, 5.74) is 2.16. The molecule has 0 heterocycles. The number of rotatable bonds is 23. The summed E-state index contributed by atoms with van der Waals surface area (Å²) in [6.07, 6.45) is 19.5. The molecule has 2 rings (SSSR count). The van der Waals surface area contributed by atoms with Gasteiger partial charge < -0.3 is 15.1 Å². The number of amides is 2. The molecule has 5 nitrogen and oxygen atoms in total. The van der Waals surface area contributed by atoms with Crippen LogP contribution in [0.3, 0.4) is 0 Å². The van der Waals surface area contributed by atoms with Crippen molar-refractivity contribution in [1.82, 2.24) is 10.6 Å². The number of benzene rings is 2. The predicted molar refractivity (Wildman–Crippen MR) is 177 cm³/mol. The molecule has 234 valence electrons. The number of hydrogen-bond donors (Lipinski definition) is 2. The predicted octanol–water partition coefficient (Wildman–Crippen LogP) is 7.63. The Labute approximate surface area is 257 Å². The number of nitrogens with one attached hydrogen (secondary N) is 2. The van der Waals surface area contributed by atoms with Gasteiger partial charge in [-0.25, -0.2) is 0 Å². The molecule has 2 unspecified atom stereocenters. The van der Waals surface area contributed by atoms with Crippen molar-refractivity contribution in [3.63, 3.8) is 0 Å². The highest BCUT2D eigenvalue weighted by atomic mass is 16.2. The second kappa shape index (κ2) is 21.1. The quantitative estimate of drug-likeness (QED) is 0.105. The van der Waals surface area contributed by atoms with Crippen LogP contribution < -0.4 is 10.6 Å². The van der Waals surface area contributed by atoms with Gasteiger partial charge in [0.25, 0.3) is 5.91 Å². The van der Waals surface area contributed by atoms with Crippen molar-refractivity contribution in [2.24, 2.45) is 0 Å². The van der Waals surface area contributed by atoms with Crippen LogP contribution in [-0.2, 0) is 22.4 Å². The number of unbranched alkanes of at least 4 members (excludes halogenated alkanes) is 13. The average Bonchev–Trinajstić information content (AvgIpc) is 2.98. The Balaban J connectivity index is 1.75. The Kier molecular flexibility index (Phi) is 17.8. The Hall–Kier alpha value is -2.66. The molecule has 42 heavy (non-hydrogen) atoms. The number of carbonyl (C=O) groups is 2. The monoisotopic (exact) mass is 578 g/mol. The Morgan fingerprint density at radius 3 is 1.48 bits per heavy atom. The minimum Gasteiger partial charge on any atom is -0.354 e. The third-order valence-electron chi connectivity index (χ3n) is 8.25. The minimum absolute atomic E-state index is 0.0843. The minimum atomic E-state index is -0.601. The van der Waals surface area contributed by atoms with Crippen LogP contribution in [0.25, 0.3) is 0 Å². The highest BCUT2D eigenvalue weighted by Gasteiger charge is 2.34. The molecule has 2 amide bonds. The Morgan fingerprint density at radius 1 is 0.595 bits per heavy atom. The molecule has 0 saturated carbocycles. The third kappa shape index (κ3) is 15.5. The van der Waals surface area contributed by atoms with Gasteiger partial charge in [0.2, 0.25) is 5.91 Å². The summed E-state index contributed by atoms with van der Waals surface area (Å²) < 4.78 is 0.486. The molecule has 0 spiro atoms. The van der Waals surface area contributed by atoms with Gasteiger partial charge in [-0.1, -0.05) is 151 Å². The lowest BCUT2D eigenvalue weighted by molar-refractivity contribution is -0.886. The van der Waals surface area contributed by atoms with Crippen LogP contribution in [0.2, 0.25) is 0 Å². The van der Waals surface area contributed by atoms with Crippen LogP contribution in [0, 0.1) is 0 Å². The normalized spacial score (nSPS) is 13.0. The Morgan fingerprint density at radius 2 is 1.02 bits per heavy atom. The maximum atomic E-state index is 13.6. The van der Waals surface area contributed by atoms with Gasteiger partial charge >= 0.3 is 0 Å². The van der Waals surface area contributed by atoms with Crippen LogP contribution in [0.4, 0.5) is 0 Å². The van der Waals surface area contributed by atoms with Crippen molar-refractivity contribution in [1.29, 1.82) is 0 Å². The van der Waals surface area contributed by atoms with E-state index in [1.165, 1.54) is 77.0 Å². The lowest BCUT2D eigenvalue weighted by Gasteiger charge is -2.34. The molecule has 0 fully saturated rings. The van der Waals surface area contributed by atoms with Crippen LogP contribution in [0.1, 0.15) is 108 Å². The van der Waals surface area contributed by atoms with Crippen molar-refractivity contribution in [2.75, 3.05) is 27.7 Å². The first-order valence-electron chi connectivity index (χ1n) is 16.8. The maximum Gasteiger partial charge on any atom is 0.279 e. The molecule has 0 aromatic heterocycles. The molecule has 0 bridgehead atoms. The van der Waals surface area contributed by atoms with Crippen LogP contribution in [-0.4, -0.2) is 56.1 Å². The molecule has 0 aliphatic carbocycles. The fourth-order valence-electron chi connectivity index (χ4n) is 5.54. The molecule has 2 atom stereocenters. The summed E-state index contributed by atoms with van der Waals surface area (Å²) in [4.78, 5) is 26.9. The largest absolute Gasteiger partial charge is 0.354 e. The summed E-state index contributed by atoms with van der Waals surface area (Å²) in [5, 5.41) is 6.25. The van der Waals surface area contributed by atoms with Crippen molar-refractivity contribution in [3.05, 3.63) is 71.8 Å². The highest BCUT2D eigenvalue weighted by Crippen LogP contribution is 2.15. The first-order valence-corrected chi connectivity index (χ1v) is 16.8. The second-order valence-electron chi connectivity index (χ2n) is 13.0. The van der Waals surface area contributed by atoms with Gasteiger partial charge in [-0.05, 0) is 17.5 Å². The molecule has 0 saturated heterocycles. The number of nitrogens with zero attached hydrogens (tertiary/aromatic N) is 1. The van der Waals surface area contributed by atoms with E-state index >= 15 is 0 Å². The van der Waals surface area contributed by atoms with E-state index in [0.717, 1.165) is 24.0 Å². The third-order valence-corrected chi connectivity index (χ3v) is 8.25. The molecule has 2 N–H and O–H groups in total. The van der Waals surface area contributed by atoms with Gasteiger partial charge in [-0.15, -0.1) is 0 Å². The fraction of sp³-hybridized carbons (Fsp3) is 0.622. The second-order valence-corrected chi connectivity index (χ2v) is 13.0. The van der Waals surface area contributed by atoms with Gasteiger partial charge in [0, 0.05) is 19.4 Å². The zero-order valence-corrected chi connectivity index (χ0v) is 27.2. The zero-order chi connectivity index (χ0) is 30.5. The molecule has 0 radical (unpaired) electrons. The van der Waals surface area contributed by atoms with Gasteiger partial charge in [-0.3, -0.25) is 9.59 Å². The van der Waals surface area contributed by atoms with Crippen molar-refractivity contribution in [2.45, 2.75) is 122 Å². The first-order chi connectivity index (χ1) is 20.3. The van der Waals surface area contributed by atoms with Crippen LogP contribution in [0.15, 0.2) is 60.7 Å². The van der Waals surface area contributed by atoms with E-state index in [0.29, 0.717) is 23.9 Å². The highest BCUT2D eigenvalue weighted by molar-refractivity contribution is 5.89. The van der Waals surface area contributed by atoms with E-state index in [9.17, 15) is 9.59 Å². The summed E-state index contributed by atoms with van der Waals surface area (Å²) in [6.45, 7) is 2.93. The maximum absolute atomic E-state index is 13.6. The molecule has 0 aliphatic rings. The molecule has 2 aromatic carbocycles. The zero-order valence-electron chi connectivity index (χ0n) is 27.2. The van der Waals surface area contributed by atoms with E-state index in [2.05, 4.69) is 29.7 Å².